The maximum Gasteiger partial charge on any atom is 0.255 e. The molecular formula is C19H27N3O2. The van der Waals surface area contributed by atoms with Crippen molar-refractivity contribution in [3.05, 3.63) is 23.0 Å². The highest BCUT2D eigenvalue weighted by Crippen LogP contribution is 2.38. The zero-order valence-electron chi connectivity index (χ0n) is 14.8. The molecule has 2 aliphatic carbocycles. The summed E-state index contributed by atoms with van der Waals surface area (Å²) in [5.41, 5.74) is 3.15. The fourth-order valence-electron chi connectivity index (χ4n) is 3.99. The number of hydrogen-bond acceptors (Lipinski definition) is 2. The normalized spacial score (nSPS) is 21.8. The van der Waals surface area contributed by atoms with E-state index in [-0.39, 0.29) is 11.8 Å². The summed E-state index contributed by atoms with van der Waals surface area (Å²) in [6.07, 6.45) is 5.43. The predicted octanol–water partition coefficient (Wildman–Crippen LogP) is 2.52. The van der Waals surface area contributed by atoms with Crippen LogP contribution < -0.4 is 0 Å². The molecule has 130 valence electrons. The Bertz CT molecular complexity index is 670. The molecule has 0 N–H and O–H groups in total. The average molecular weight is 329 g/mol. The van der Waals surface area contributed by atoms with Crippen molar-refractivity contribution in [1.82, 2.24) is 14.4 Å². The molecule has 0 spiro atoms. The van der Waals surface area contributed by atoms with Crippen molar-refractivity contribution in [3.63, 3.8) is 0 Å². The quantitative estimate of drug-likeness (QED) is 0.855. The summed E-state index contributed by atoms with van der Waals surface area (Å²) >= 11 is 0. The fourth-order valence-corrected chi connectivity index (χ4v) is 3.99. The lowest BCUT2D eigenvalue weighted by molar-refractivity contribution is -0.132. The molecule has 0 atom stereocenters. The van der Waals surface area contributed by atoms with E-state index in [9.17, 15) is 9.59 Å². The number of hydrogen-bond donors (Lipinski definition) is 0. The van der Waals surface area contributed by atoms with Gasteiger partial charge in [0.2, 0.25) is 5.91 Å². The zero-order chi connectivity index (χ0) is 16.8. The van der Waals surface area contributed by atoms with Crippen LogP contribution in [-0.2, 0) is 4.79 Å². The second-order valence-electron chi connectivity index (χ2n) is 7.63. The Morgan fingerprint density at radius 3 is 2.29 bits per heavy atom. The molecule has 2 saturated carbocycles. The van der Waals surface area contributed by atoms with Gasteiger partial charge in [-0.15, -0.1) is 0 Å². The third-order valence-electron chi connectivity index (χ3n) is 5.65. The predicted molar refractivity (Wildman–Crippen MR) is 92.0 cm³/mol. The zero-order valence-corrected chi connectivity index (χ0v) is 14.8. The molecule has 1 aliphatic heterocycles. The van der Waals surface area contributed by atoms with Crippen molar-refractivity contribution in [2.75, 3.05) is 26.2 Å². The minimum absolute atomic E-state index is 0.135. The van der Waals surface area contributed by atoms with Crippen LogP contribution in [0.5, 0.6) is 0 Å². The smallest absolute Gasteiger partial charge is 0.255 e. The topological polar surface area (TPSA) is 45.6 Å². The molecule has 0 unspecified atom stereocenters. The van der Waals surface area contributed by atoms with Gasteiger partial charge < -0.3 is 14.4 Å². The monoisotopic (exact) mass is 329 g/mol. The molecular weight excluding hydrogens is 302 g/mol. The Morgan fingerprint density at radius 2 is 1.62 bits per heavy atom. The van der Waals surface area contributed by atoms with Crippen LogP contribution in [-0.4, -0.2) is 52.4 Å². The Morgan fingerprint density at radius 1 is 0.958 bits per heavy atom. The standard InChI is InChI=1S/C19H27N3O2/c1-13-12-17(14(2)22(13)16-6-7-16)19(24)21-9-3-8-20(10-11-21)18(23)15-4-5-15/h12,15-16H,3-11H2,1-2H3. The van der Waals surface area contributed by atoms with Gasteiger partial charge >= 0.3 is 0 Å². The van der Waals surface area contributed by atoms with Crippen LogP contribution in [0.4, 0.5) is 0 Å². The number of carbonyl (C=O) groups is 2. The molecule has 1 aromatic rings. The van der Waals surface area contributed by atoms with Gasteiger partial charge in [-0.3, -0.25) is 9.59 Å². The van der Waals surface area contributed by atoms with Crippen molar-refractivity contribution >= 4 is 11.8 Å². The van der Waals surface area contributed by atoms with E-state index in [1.807, 2.05) is 15.9 Å². The molecule has 1 saturated heterocycles. The Balaban J connectivity index is 1.46. The highest BCUT2D eigenvalue weighted by molar-refractivity contribution is 5.96. The molecule has 1 aromatic heterocycles. The van der Waals surface area contributed by atoms with E-state index in [1.165, 1.54) is 18.5 Å². The van der Waals surface area contributed by atoms with Gasteiger partial charge in [0, 0.05) is 49.5 Å². The maximum absolute atomic E-state index is 13.0. The van der Waals surface area contributed by atoms with Gasteiger partial charge in [-0.05, 0) is 52.0 Å². The molecule has 5 nitrogen and oxygen atoms in total. The van der Waals surface area contributed by atoms with E-state index in [0.29, 0.717) is 25.0 Å². The molecule has 0 bridgehead atoms. The molecule has 24 heavy (non-hydrogen) atoms. The number of nitrogens with zero attached hydrogens (tertiary/aromatic N) is 3. The van der Waals surface area contributed by atoms with Crippen LogP contribution >= 0.6 is 0 Å². The highest BCUT2D eigenvalue weighted by atomic mass is 16.2. The van der Waals surface area contributed by atoms with Gasteiger partial charge in [-0.25, -0.2) is 0 Å². The number of carbonyl (C=O) groups excluding carboxylic acids is 2. The summed E-state index contributed by atoms with van der Waals surface area (Å²) in [5, 5.41) is 0. The van der Waals surface area contributed by atoms with Gasteiger partial charge in [0.15, 0.2) is 0 Å². The second-order valence-corrected chi connectivity index (χ2v) is 7.63. The Kier molecular flexibility index (Phi) is 3.89. The third kappa shape index (κ3) is 2.85. The van der Waals surface area contributed by atoms with Crippen LogP contribution in [0.3, 0.4) is 0 Å². The first-order chi connectivity index (χ1) is 11.6. The first kappa shape index (κ1) is 15.7. The fraction of sp³-hybridized carbons (Fsp3) is 0.684. The number of rotatable bonds is 3. The lowest BCUT2D eigenvalue weighted by Gasteiger charge is -2.22. The van der Waals surface area contributed by atoms with E-state index in [2.05, 4.69) is 18.4 Å². The van der Waals surface area contributed by atoms with E-state index in [1.54, 1.807) is 0 Å². The number of aryl methyl sites for hydroxylation is 1. The van der Waals surface area contributed by atoms with Gasteiger partial charge in [0.25, 0.3) is 5.91 Å². The first-order valence-corrected chi connectivity index (χ1v) is 9.32. The second kappa shape index (κ2) is 5.94. The molecule has 3 aliphatic rings. The minimum Gasteiger partial charge on any atom is -0.345 e. The van der Waals surface area contributed by atoms with Gasteiger partial charge in [-0.1, -0.05) is 0 Å². The lowest BCUT2D eigenvalue weighted by atomic mass is 10.2. The summed E-state index contributed by atoms with van der Waals surface area (Å²) in [6, 6.07) is 2.65. The van der Waals surface area contributed by atoms with E-state index >= 15 is 0 Å². The van der Waals surface area contributed by atoms with E-state index < -0.39 is 0 Å². The number of amides is 2. The highest BCUT2D eigenvalue weighted by Gasteiger charge is 2.35. The largest absolute Gasteiger partial charge is 0.345 e. The van der Waals surface area contributed by atoms with Crippen LogP contribution in [0.2, 0.25) is 0 Å². The van der Waals surface area contributed by atoms with Crippen LogP contribution in [0, 0.1) is 19.8 Å². The molecule has 2 heterocycles. The molecule has 2 amide bonds. The van der Waals surface area contributed by atoms with Crippen molar-refractivity contribution in [3.8, 4) is 0 Å². The third-order valence-corrected chi connectivity index (χ3v) is 5.65. The Labute approximate surface area is 143 Å². The molecule has 5 heteroatoms. The van der Waals surface area contributed by atoms with Crippen LogP contribution in [0.15, 0.2) is 6.07 Å². The first-order valence-electron chi connectivity index (χ1n) is 9.32. The SMILES string of the molecule is Cc1cc(C(=O)N2CCCN(C(=O)C3CC3)CC2)c(C)n1C1CC1. The summed E-state index contributed by atoms with van der Waals surface area (Å²) in [6.45, 7) is 7.05. The summed E-state index contributed by atoms with van der Waals surface area (Å²) in [7, 11) is 0. The van der Waals surface area contributed by atoms with Gasteiger partial charge in [0.05, 0.1) is 5.56 Å². The van der Waals surface area contributed by atoms with Gasteiger partial charge in [-0.2, -0.15) is 0 Å². The van der Waals surface area contributed by atoms with Crippen molar-refractivity contribution in [2.45, 2.75) is 52.0 Å². The van der Waals surface area contributed by atoms with Crippen molar-refractivity contribution in [2.24, 2.45) is 5.92 Å². The molecule has 0 aromatic carbocycles. The van der Waals surface area contributed by atoms with E-state index in [0.717, 1.165) is 43.6 Å². The van der Waals surface area contributed by atoms with Crippen LogP contribution in [0.1, 0.15) is 59.9 Å². The van der Waals surface area contributed by atoms with Crippen molar-refractivity contribution in [1.29, 1.82) is 0 Å². The average Bonchev–Trinajstić information content (AvgIpc) is 3.45. The molecule has 3 fully saturated rings. The maximum atomic E-state index is 13.0. The number of aromatic nitrogens is 1. The van der Waals surface area contributed by atoms with Crippen LogP contribution in [0.25, 0.3) is 0 Å². The summed E-state index contributed by atoms with van der Waals surface area (Å²) in [5.74, 6) is 0.705. The molecule has 4 rings (SSSR count). The summed E-state index contributed by atoms with van der Waals surface area (Å²) in [4.78, 5) is 29.2. The molecule has 0 radical (unpaired) electrons. The minimum atomic E-state index is 0.135. The Hall–Kier alpha value is -1.78. The van der Waals surface area contributed by atoms with Gasteiger partial charge in [0.1, 0.15) is 0 Å². The lowest BCUT2D eigenvalue weighted by Crippen LogP contribution is -2.38. The summed E-state index contributed by atoms with van der Waals surface area (Å²) < 4.78 is 2.33. The van der Waals surface area contributed by atoms with Crippen molar-refractivity contribution < 1.29 is 9.59 Å². The van der Waals surface area contributed by atoms with E-state index in [4.69, 9.17) is 0 Å².